The van der Waals surface area contributed by atoms with Crippen LogP contribution in [0.2, 0.25) is 0 Å². The van der Waals surface area contributed by atoms with E-state index in [0.29, 0.717) is 38.2 Å². The van der Waals surface area contributed by atoms with Crippen LogP contribution in [0.1, 0.15) is 27.6 Å². The fourth-order valence-corrected chi connectivity index (χ4v) is 2.88. The standard InChI is InChI=1S/C17H14Br2O5/c1-3-23-16(20)10-5-7-15(13(19)8-10)24-17(21)11-4-6-14(22-2)12(18)9-11/h4-9H,3H2,1-2H3. The summed E-state index contributed by atoms with van der Waals surface area (Å²) < 4.78 is 16.5. The third-order valence-electron chi connectivity index (χ3n) is 3.03. The zero-order valence-corrected chi connectivity index (χ0v) is 16.1. The monoisotopic (exact) mass is 456 g/mol. The van der Waals surface area contributed by atoms with Gasteiger partial charge in [0.2, 0.25) is 0 Å². The number of benzene rings is 2. The van der Waals surface area contributed by atoms with Crippen LogP contribution in [-0.2, 0) is 4.74 Å². The quantitative estimate of drug-likeness (QED) is 0.484. The summed E-state index contributed by atoms with van der Waals surface area (Å²) in [6.07, 6.45) is 0. The van der Waals surface area contributed by atoms with Crippen molar-refractivity contribution in [2.45, 2.75) is 6.92 Å². The lowest BCUT2D eigenvalue weighted by atomic mass is 10.2. The van der Waals surface area contributed by atoms with Crippen molar-refractivity contribution in [3.05, 3.63) is 56.5 Å². The minimum Gasteiger partial charge on any atom is -0.496 e. The molecular formula is C17H14Br2O5. The Hall–Kier alpha value is -1.86. The van der Waals surface area contributed by atoms with Crippen LogP contribution in [0.15, 0.2) is 45.3 Å². The highest BCUT2D eigenvalue weighted by molar-refractivity contribution is 9.10. The molecule has 0 heterocycles. The number of halogens is 2. The number of esters is 2. The van der Waals surface area contributed by atoms with Gasteiger partial charge in [0.05, 0.1) is 33.8 Å². The van der Waals surface area contributed by atoms with Gasteiger partial charge in [-0.2, -0.15) is 0 Å². The normalized spacial score (nSPS) is 10.2. The number of methoxy groups -OCH3 is 1. The van der Waals surface area contributed by atoms with Gasteiger partial charge in [-0.1, -0.05) is 0 Å². The second-order valence-corrected chi connectivity index (χ2v) is 6.31. The lowest BCUT2D eigenvalue weighted by Crippen LogP contribution is -2.10. The van der Waals surface area contributed by atoms with Crippen molar-refractivity contribution < 1.29 is 23.8 Å². The van der Waals surface area contributed by atoms with Crippen molar-refractivity contribution in [1.82, 2.24) is 0 Å². The van der Waals surface area contributed by atoms with Crippen molar-refractivity contribution in [1.29, 1.82) is 0 Å². The molecule has 0 atom stereocenters. The molecule has 0 N–H and O–H groups in total. The zero-order chi connectivity index (χ0) is 17.7. The highest BCUT2D eigenvalue weighted by Crippen LogP contribution is 2.29. The number of carbonyl (C=O) groups is 2. The fraction of sp³-hybridized carbons (Fsp3) is 0.176. The minimum atomic E-state index is -0.525. The number of hydrogen-bond acceptors (Lipinski definition) is 5. The van der Waals surface area contributed by atoms with Crippen molar-refractivity contribution in [3.8, 4) is 11.5 Å². The Morgan fingerprint density at radius 2 is 1.46 bits per heavy atom. The Kier molecular flexibility index (Phi) is 6.39. The summed E-state index contributed by atoms with van der Waals surface area (Å²) in [7, 11) is 1.54. The van der Waals surface area contributed by atoms with E-state index in [-0.39, 0.29) is 0 Å². The molecule has 2 aromatic rings. The van der Waals surface area contributed by atoms with Crippen LogP contribution in [0.5, 0.6) is 11.5 Å². The molecule has 0 saturated heterocycles. The number of hydrogen-bond donors (Lipinski definition) is 0. The molecule has 5 nitrogen and oxygen atoms in total. The molecule has 0 unspecified atom stereocenters. The summed E-state index contributed by atoms with van der Waals surface area (Å²) in [4.78, 5) is 23.9. The van der Waals surface area contributed by atoms with E-state index in [9.17, 15) is 9.59 Å². The maximum atomic E-state index is 12.2. The van der Waals surface area contributed by atoms with Crippen LogP contribution in [0.25, 0.3) is 0 Å². The van der Waals surface area contributed by atoms with Gasteiger partial charge in [-0.15, -0.1) is 0 Å². The molecule has 24 heavy (non-hydrogen) atoms. The van der Waals surface area contributed by atoms with Crippen LogP contribution >= 0.6 is 31.9 Å². The van der Waals surface area contributed by atoms with Gasteiger partial charge < -0.3 is 14.2 Å². The van der Waals surface area contributed by atoms with Crippen molar-refractivity contribution >= 4 is 43.8 Å². The minimum absolute atomic E-state index is 0.291. The van der Waals surface area contributed by atoms with Crippen LogP contribution in [-0.4, -0.2) is 25.7 Å². The molecule has 0 aliphatic carbocycles. The summed E-state index contributed by atoms with van der Waals surface area (Å²) in [5.41, 5.74) is 0.736. The molecule has 0 radical (unpaired) electrons. The maximum Gasteiger partial charge on any atom is 0.343 e. The summed E-state index contributed by atoms with van der Waals surface area (Å²) in [5, 5.41) is 0. The van der Waals surface area contributed by atoms with Gasteiger partial charge in [0.1, 0.15) is 11.5 Å². The Labute approximate surface area is 156 Å². The largest absolute Gasteiger partial charge is 0.496 e. The van der Waals surface area contributed by atoms with E-state index in [1.54, 1.807) is 38.3 Å². The predicted octanol–water partition coefficient (Wildman–Crippen LogP) is 4.62. The van der Waals surface area contributed by atoms with Crippen LogP contribution < -0.4 is 9.47 Å². The summed E-state index contributed by atoms with van der Waals surface area (Å²) in [5.74, 6) is -0.0374. The van der Waals surface area contributed by atoms with E-state index in [0.717, 1.165) is 0 Å². The van der Waals surface area contributed by atoms with E-state index in [1.165, 1.54) is 12.1 Å². The van der Waals surface area contributed by atoms with E-state index in [2.05, 4.69) is 31.9 Å². The Morgan fingerprint density at radius 3 is 1.96 bits per heavy atom. The molecule has 0 fully saturated rings. The molecule has 0 spiro atoms. The lowest BCUT2D eigenvalue weighted by Gasteiger charge is -2.09. The second-order valence-electron chi connectivity index (χ2n) is 4.60. The summed E-state index contributed by atoms with van der Waals surface area (Å²) in [6, 6.07) is 9.50. The van der Waals surface area contributed by atoms with Crippen molar-refractivity contribution in [2.75, 3.05) is 13.7 Å². The molecule has 7 heteroatoms. The van der Waals surface area contributed by atoms with Gasteiger partial charge >= 0.3 is 11.9 Å². The first-order valence-corrected chi connectivity index (χ1v) is 8.57. The first kappa shape index (κ1) is 18.5. The Morgan fingerprint density at radius 1 is 0.917 bits per heavy atom. The maximum absolute atomic E-state index is 12.2. The van der Waals surface area contributed by atoms with Gasteiger partial charge in [-0.25, -0.2) is 9.59 Å². The summed E-state index contributed by atoms with van der Waals surface area (Å²) in [6.45, 7) is 2.02. The van der Waals surface area contributed by atoms with Crippen LogP contribution in [0.4, 0.5) is 0 Å². The Bertz CT molecular complexity index is 774. The highest BCUT2D eigenvalue weighted by atomic mass is 79.9. The molecule has 0 bridgehead atoms. The first-order valence-electron chi connectivity index (χ1n) is 6.98. The molecule has 0 aromatic heterocycles. The van der Waals surface area contributed by atoms with E-state index < -0.39 is 11.9 Å². The molecule has 2 rings (SSSR count). The van der Waals surface area contributed by atoms with Crippen LogP contribution in [0, 0.1) is 0 Å². The second kappa shape index (κ2) is 8.30. The van der Waals surface area contributed by atoms with Gasteiger partial charge in [-0.3, -0.25) is 0 Å². The third kappa shape index (κ3) is 4.36. The number of rotatable bonds is 5. The van der Waals surface area contributed by atoms with E-state index >= 15 is 0 Å². The molecule has 2 aromatic carbocycles. The zero-order valence-electron chi connectivity index (χ0n) is 13.0. The van der Waals surface area contributed by atoms with Crippen LogP contribution in [0.3, 0.4) is 0 Å². The average molecular weight is 458 g/mol. The van der Waals surface area contributed by atoms with Gasteiger partial charge in [0, 0.05) is 0 Å². The molecule has 0 amide bonds. The topological polar surface area (TPSA) is 61.8 Å². The molecular weight excluding hydrogens is 444 g/mol. The molecule has 0 saturated carbocycles. The predicted molar refractivity (Wildman–Crippen MR) is 95.8 cm³/mol. The van der Waals surface area contributed by atoms with E-state index in [1.807, 2.05) is 0 Å². The number of ether oxygens (including phenoxy) is 3. The molecule has 126 valence electrons. The summed E-state index contributed by atoms with van der Waals surface area (Å²) >= 11 is 6.61. The highest BCUT2D eigenvalue weighted by Gasteiger charge is 2.15. The fourth-order valence-electron chi connectivity index (χ4n) is 1.88. The van der Waals surface area contributed by atoms with Crippen molar-refractivity contribution in [3.63, 3.8) is 0 Å². The van der Waals surface area contributed by atoms with Gasteiger partial charge in [-0.05, 0) is 75.2 Å². The third-order valence-corrected chi connectivity index (χ3v) is 4.27. The van der Waals surface area contributed by atoms with Crippen molar-refractivity contribution in [2.24, 2.45) is 0 Å². The van der Waals surface area contributed by atoms with Gasteiger partial charge in [0.15, 0.2) is 0 Å². The molecule has 0 aliphatic heterocycles. The van der Waals surface area contributed by atoms with E-state index in [4.69, 9.17) is 14.2 Å². The average Bonchev–Trinajstić information content (AvgIpc) is 2.56. The SMILES string of the molecule is CCOC(=O)c1ccc(OC(=O)c2ccc(OC)c(Br)c2)c(Br)c1. The number of carbonyl (C=O) groups excluding carboxylic acids is 2. The van der Waals surface area contributed by atoms with Gasteiger partial charge in [0.25, 0.3) is 0 Å². The lowest BCUT2D eigenvalue weighted by molar-refractivity contribution is 0.0526. The first-order chi connectivity index (χ1) is 11.5. The Balaban J connectivity index is 2.17. The molecule has 0 aliphatic rings. The smallest absolute Gasteiger partial charge is 0.343 e.